The predicted octanol–water partition coefficient (Wildman–Crippen LogP) is 4.20. The van der Waals surface area contributed by atoms with Crippen molar-refractivity contribution >= 4 is 39.1 Å². The smallest absolute Gasteiger partial charge is 0.243 e. The molecule has 1 amide bonds. The lowest BCUT2D eigenvalue weighted by atomic mass is 10.2. The minimum absolute atomic E-state index is 0.0822. The van der Waals surface area contributed by atoms with Gasteiger partial charge in [-0.15, -0.1) is 0 Å². The molecule has 2 aromatic carbocycles. The van der Waals surface area contributed by atoms with Gasteiger partial charge in [0.15, 0.2) is 0 Å². The van der Waals surface area contributed by atoms with Crippen molar-refractivity contribution in [3.8, 4) is 0 Å². The molecular formula is C22H21Cl2N3O3S. The van der Waals surface area contributed by atoms with Crippen molar-refractivity contribution in [3.05, 3.63) is 93.7 Å². The number of carbonyl (C=O) groups is 1. The van der Waals surface area contributed by atoms with Crippen LogP contribution in [0.1, 0.15) is 16.8 Å². The SMILES string of the molecule is Cc1ccc(S(=O)(=O)N(CC(=O)NCc2ccccn2)Cc2c(Cl)cccc2Cl)cc1. The molecule has 1 heterocycles. The molecule has 1 aromatic heterocycles. The summed E-state index contributed by atoms with van der Waals surface area (Å²) >= 11 is 12.5. The molecule has 0 fully saturated rings. The van der Waals surface area contributed by atoms with Gasteiger partial charge in [0.05, 0.1) is 23.7 Å². The fraction of sp³-hybridized carbons (Fsp3) is 0.182. The highest BCUT2D eigenvalue weighted by Crippen LogP contribution is 2.28. The van der Waals surface area contributed by atoms with Gasteiger partial charge in [0.2, 0.25) is 15.9 Å². The van der Waals surface area contributed by atoms with Crippen LogP contribution in [0.4, 0.5) is 0 Å². The third kappa shape index (κ3) is 6.04. The van der Waals surface area contributed by atoms with E-state index in [1.807, 2.05) is 13.0 Å². The number of nitrogens with one attached hydrogen (secondary N) is 1. The average Bonchev–Trinajstić information content (AvgIpc) is 2.75. The fourth-order valence-electron chi connectivity index (χ4n) is 2.85. The van der Waals surface area contributed by atoms with Gasteiger partial charge in [-0.2, -0.15) is 4.31 Å². The number of aromatic nitrogens is 1. The molecule has 6 nitrogen and oxygen atoms in total. The second kappa shape index (κ2) is 10.2. The van der Waals surface area contributed by atoms with Gasteiger partial charge in [0, 0.05) is 28.4 Å². The predicted molar refractivity (Wildman–Crippen MR) is 121 cm³/mol. The van der Waals surface area contributed by atoms with E-state index in [1.165, 1.54) is 12.1 Å². The zero-order valence-corrected chi connectivity index (χ0v) is 19.1. The first-order valence-corrected chi connectivity index (χ1v) is 11.6. The number of benzene rings is 2. The highest BCUT2D eigenvalue weighted by molar-refractivity contribution is 7.89. The van der Waals surface area contributed by atoms with Crippen LogP contribution in [-0.4, -0.2) is 30.2 Å². The van der Waals surface area contributed by atoms with Crippen molar-refractivity contribution in [2.75, 3.05) is 6.54 Å². The number of aryl methyl sites for hydroxylation is 1. The maximum atomic E-state index is 13.3. The largest absolute Gasteiger partial charge is 0.349 e. The topological polar surface area (TPSA) is 79.4 Å². The van der Waals surface area contributed by atoms with E-state index in [-0.39, 0.29) is 18.0 Å². The minimum Gasteiger partial charge on any atom is -0.349 e. The zero-order valence-electron chi connectivity index (χ0n) is 16.8. The summed E-state index contributed by atoms with van der Waals surface area (Å²) in [5.41, 5.74) is 2.02. The Hall–Kier alpha value is -2.45. The summed E-state index contributed by atoms with van der Waals surface area (Å²) < 4.78 is 27.7. The lowest BCUT2D eigenvalue weighted by Gasteiger charge is -2.23. The molecule has 0 bridgehead atoms. The summed E-state index contributed by atoms with van der Waals surface area (Å²) in [7, 11) is -3.99. The number of hydrogen-bond acceptors (Lipinski definition) is 4. The van der Waals surface area contributed by atoms with Gasteiger partial charge < -0.3 is 5.32 Å². The number of amides is 1. The van der Waals surface area contributed by atoms with Gasteiger partial charge in [-0.25, -0.2) is 8.42 Å². The van der Waals surface area contributed by atoms with Crippen LogP contribution >= 0.6 is 23.2 Å². The maximum absolute atomic E-state index is 13.3. The monoisotopic (exact) mass is 477 g/mol. The minimum atomic E-state index is -3.99. The molecule has 9 heteroatoms. The van der Waals surface area contributed by atoms with E-state index in [9.17, 15) is 13.2 Å². The Bertz CT molecular complexity index is 1130. The van der Waals surface area contributed by atoms with Crippen LogP contribution in [0.5, 0.6) is 0 Å². The number of pyridine rings is 1. The molecular weight excluding hydrogens is 457 g/mol. The lowest BCUT2D eigenvalue weighted by Crippen LogP contribution is -2.40. The highest BCUT2D eigenvalue weighted by Gasteiger charge is 2.28. The molecule has 0 radical (unpaired) electrons. The Morgan fingerprint density at radius 1 is 1.00 bits per heavy atom. The molecule has 0 aliphatic carbocycles. The molecule has 0 saturated heterocycles. The number of carbonyl (C=O) groups excluding carboxylic acids is 1. The highest BCUT2D eigenvalue weighted by atomic mass is 35.5. The number of rotatable bonds is 8. The van der Waals surface area contributed by atoms with E-state index in [1.54, 1.807) is 48.7 Å². The summed E-state index contributed by atoms with van der Waals surface area (Å²) in [6.45, 7) is 1.50. The summed E-state index contributed by atoms with van der Waals surface area (Å²) in [6.07, 6.45) is 1.62. The number of halogens is 2. The molecule has 3 rings (SSSR count). The summed E-state index contributed by atoms with van der Waals surface area (Å²) in [6, 6.07) is 16.7. The third-order valence-electron chi connectivity index (χ3n) is 4.57. The first-order chi connectivity index (χ1) is 14.8. The van der Waals surface area contributed by atoms with Crippen LogP contribution in [0.15, 0.2) is 71.8 Å². The quantitative estimate of drug-likeness (QED) is 0.526. The van der Waals surface area contributed by atoms with Crippen LogP contribution in [-0.2, 0) is 27.9 Å². The molecule has 3 aromatic rings. The van der Waals surface area contributed by atoms with Crippen molar-refractivity contribution in [2.24, 2.45) is 0 Å². The van der Waals surface area contributed by atoms with E-state index < -0.39 is 22.5 Å². The van der Waals surface area contributed by atoms with Crippen molar-refractivity contribution in [1.82, 2.24) is 14.6 Å². The molecule has 31 heavy (non-hydrogen) atoms. The molecule has 0 saturated carbocycles. The molecule has 0 spiro atoms. The maximum Gasteiger partial charge on any atom is 0.243 e. The molecule has 1 N–H and O–H groups in total. The normalized spacial score (nSPS) is 11.5. The third-order valence-corrected chi connectivity index (χ3v) is 7.08. The van der Waals surface area contributed by atoms with Gasteiger partial charge in [0.25, 0.3) is 0 Å². The van der Waals surface area contributed by atoms with Crippen molar-refractivity contribution in [3.63, 3.8) is 0 Å². The number of nitrogens with zero attached hydrogens (tertiary/aromatic N) is 2. The second-order valence-corrected chi connectivity index (χ2v) is 9.64. The van der Waals surface area contributed by atoms with Crippen LogP contribution in [0.2, 0.25) is 10.0 Å². The second-order valence-electron chi connectivity index (χ2n) is 6.88. The van der Waals surface area contributed by atoms with Gasteiger partial charge in [-0.3, -0.25) is 9.78 Å². The van der Waals surface area contributed by atoms with E-state index >= 15 is 0 Å². The van der Waals surface area contributed by atoms with Gasteiger partial charge in [0.1, 0.15) is 0 Å². The van der Waals surface area contributed by atoms with Crippen LogP contribution in [0.25, 0.3) is 0 Å². The first-order valence-electron chi connectivity index (χ1n) is 9.43. The average molecular weight is 478 g/mol. The van der Waals surface area contributed by atoms with Crippen LogP contribution < -0.4 is 5.32 Å². The van der Waals surface area contributed by atoms with E-state index in [4.69, 9.17) is 23.2 Å². The first kappa shape index (κ1) is 23.2. The van der Waals surface area contributed by atoms with Gasteiger partial charge in [-0.05, 0) is 43.3 Å². The molecule has 0 atom stereocenters. The Labute approximate surface area is 191 Å². The van der Waals surface area contributed by atoms with Gasteiger partial charge >= 0.3 is 0 Å². The number of hydrogen-bond donors (Lipinski definition) is 1. The van der Waals surface area contributed by atoms with Crippen molar-refractivity contribution in [1.29, 1.82) is 0 Å². The molecule has 0 aliphatic heterocycles. The summed E-state index contributed by atoms with van der Waals surface area (Å²) in [4.78, 5) is 16.8. The standard InChI is InChI=1S/C22H21Cl2N3O3S/c1-16-8-10-18(11-9-16)31(29,30)27(14-19-20(23)6-4-7-21(19)24)15-22(28)26-13-17-5-2-3-12-25-17/h2-12H,13-15H2,1H3,(H,26,28). The molecule has 162 valence electrons. The Morgan fingerprint density at radius 2 is 1.68 bits per heavy atom. The lowest BCUT2D eigenvalue weighted by molar-refractivity contribution is -0.121. The summed E-state index contributed by atoms with van der Waals surface area (Å²) in [5.74, 6) is -0.468. The fourth-order valence-corrected chi connectivity index (χ4v) is 4.73. The van der Waals surface area contributed by atoms with E-state index in [0.29, 0.717) is 21.3 Å². The van der Waals surface area contributed by atoms with E-state index in [0.717, 1.165) is 9.87 Å². The van der Waals surface area contributed by atoms with Crippen molar-refractivity contribution < 1.29 is 13.2 Å². The Balaban J connectivity index is 1.86. The van der Waals surface area contributed by atoms with Gasteiger partial charge in [-0.1, -0.05) is 53.0 Å². The van der Waals surface area contributed by atoms with Crippen molar-refractivity contribution in [2.45, 2.75) is 24.9 Å². The Kier molecular flexibility index (Phi) is 7.67. The van der Waals surface area contributed by atoms with Crippen LogP contribution in [0, 0.1) is 6.92 Å². The zero-order chi connectivity index (χ0) is 22.4. The van der Waals surface area contributed by atoms with Crippen LogP contribution in [0.3, 0.4) is 0 Å². The molecule has 0 unspecified atom stereocenters. The number of sulfonamides is 1. The summed E-state index contributed by atoms with van der Waals surface area (Å²) in [5, 5.41) is 3.35. The Morgan fingerprint density at radius 3 is 2.29 bits per heavy atom. The van der Waals surface area contributed by atoms with E-state index in [2.05, 4.69) is 10.3 Å². The molecule has 0 aliphatic rings.